The Balaban J connectivity index is 1.87. The van der Waals surface area contributed by atoms with Gasteiger partial charge in [-0.3, -0.25) is 13.9 Å². The van der Waals surface area contributed by atoms with Gasteiger partial charge in [-0.1, -0.05) is 18.2 Å². The lowest BCUT2D eigenvalue weighted by Crippen LogP contribution is -2.27. The first-order valence-electron chi connectivity index (χ1n) is 9.63. The van der Waals surface area contributed by atoms with E-state index in [0.29, 0.717) is 22.7 Å². The molecule has 166 valence electrons. The fourth-order valence-corrected chi connectivity index (χ4v) is 4.25. The molecule has 0 aromatic heterocycles. The van der Waals surface area contributed by atoms with Crippen LogP contribution in [-0.4, -0.2) is 41.4 Å². The van der Waals surface area contributed by atoms with Crippen molar-refractivity contribution < 1.29 is 22.7 Å². The lowest BCUT2D eigenvalue weighted by Gasteiger charge is -2.20. The molecule has 2 amide bonds. The Hall–Kier alpha value is -3.85. The highest BCUT2D eigenvalue weighted by Gasteiger charge is 2.23. The number of rotatable bonds is 7. The second kappa shape index (κ2) is 9.52. The number of carbonyl (C=O) groups excluding carboxylic acids is 2. The standard InChI is InChI=1S/C23H23N3O5S/c1-24-23(28)20-9-4-5-10-21(20)25-22(27)16-7-6-8-19(15-16)32(29,30)26(2)17-11-13-18(31-3)14-12-17/h4-15H,1-3H3,(H,24,28)(H,25,27). The second-order valence-electron chi connectivity index (χ2n) is 6.78. The summed E-state index contributed by atoms with van der Waals surface area (Å²) in [6.07, 6.45) is 0. The zero-order valence-corrected chi connectivity index (χ0v) is 18.6. The molecule has 0 fully saturated rings. The fraction of sp³-hybridized carbons (Fsp3) is 0.130. The third kappa shape index (κ3) is 4.73. The van der Waals surface area contributed by atoms with Gasteiger partial charge in [0.15, 0.2) is 0 Å². The highest BCUT2D eigenvalue weighted by molar-refractivity contribution is 7.92. The van der Waals surface area contributed by atoms with E-state index >= 15 is 0 Å². The molecule has 8 nitrogen and oxygen atoms in total. The Morgan fingerprint density at radius 2 is 1.59 bits per heavy atom. The molecule has 3 rings (SSSR count). The van der Waals surface area contributed by atoms with E-state index in [1.807, 2.05) is 0 Å². The quantitative estimate of drug-likeness (QED) is 0.572. The van der Waals surface area contributed by atoms with Gasteiger partial charge >= 0.3 is 0 Å². The number of methoxy groups -OCH3 is 1. The van der Waals surface area contributed by atoms with Crippen LogP contribution in [0.25, 0.3) is 0 Å². The molecule has 0 aliphatic heterocycles. The predicted molar refractivity (Wildman–Crippen MR) is 123 cm³/mol. The molecule has 0 atom stereocenters. The number of anilines is 2. The molecule has 0 saturated carbocycles. The number of sulfonamides is 1. The molecule has 3 aromatic rings. The van der Waals surface area contributed by atoms with Gasteiger partial charge in [-0.2, -0.15) is 0 Å². The third-order valence-corrected chi connectivity index (χ3v) is 6.62. The van der Waals surface area contributed by atoms with E-state index in [2.05, 4.69) is 10.6 Å². The maximum Gasteiger partial charge on any atom is 0.264 e. The van der Waals surface area contributed by atoms with E-state index in [4.69, 9.17) is 4.74 Å². The smallest absolute Gasteiger partial charge is 0.264 e. The number of hydrogen-bond donors (Lipinski definition) is 2. The number of amides is 2. The fourth-order valence-electron chi connectivity index (χ4n) is 3.01. The summed E-state index contributed by atoms with van der Waals surface area (Å²) in [5.41, 5.74) is 1.20. The predicted octanol–water partition coefficient (Wildman–Crippen LogP) is 3.13. The van der Waals surface area contributed by atoms with E-state index in [9.17, 15) is 18.0 Å². The Bertz CT molecular complexity index is 1240. The van der Waals surface area contributed by atoms with Gasteiger partial charge in [0.2, 0.25) is 0 Å². The molecule has 9 heteroatoms. The summed E-state index contributed by atoms with van der Waals surface area (Å²) in [4.78, 5) is 24.8. The van der Waals surface area contributed by atoms with Gasteiger partial charge in [0.1, 0.15) is 5.75 Å². The Labute approximate surface area is 186 Å². The molecule has 0 unspecified atom stereocenters. The number of para-hydroxylation sites is 1. The molecule has 0 aliphatic rings. The van der Waals surface area contributed by atoms with Crippen molar-refractivity contribution in [3.05, 3.63) is 83.9 Å². The average Bonchev–Trinajstić information content (AvgIpc) is 2.83. The second-order valence-corrected chi connectivity index (χ2v) is 8.75. The number of hydrogen-bond acceptors (Lipinski definition) is 5. The van der Waals surface area contributed by atoms with Crippen molar-refractivity contribution in [3.8, 4) is 5.75 Å². The van der Waals surface area contributed by atoms with Crippen molar-refractivity contribution in [2.45, 2.75) is 4.90 Å². The largest absolute Gasteiger partial charge is 0.497 e. The summed E-state index contributed by atoms with van der Waals surface area (Å²) in [6, 6.07) is 18.8. The molecule has 0 spiro atoms. The van der Waals surface area contributed by atoms with Crippen molar-refractivity contribution in [1.29, 1.82) is 0 Å². The zero-order chi connectivity index (χ0) is 23.3. The van der Waals surface area contributed by atoms with Crippen LogP contribution in [0.2, 0.25) is 0 Å². The highest BCUT2D eigenvalue weighted by atomic mass is 32.2. The first-order valence-corrected chi connectivity index (χ1v) is 11.1. The summed E-state index contributed by atoms with van der Waals surface area (Å²) in [7, 11) is 0.538. The van der Waals surface area contributed by atoms with E-state index in [1.165, 1.54) is 45.5 Å². The van der Waals surface area contributed by atoms with Gasteiger partial charge in [-0.15, -0.1) is 0 Å². The summed E-state index contributed by atoms with van der Waals surface area (Å²) in [5.74, 6) is -0.279. The maximum absolute atomic E-state index is 13.1. The van der Waals surface area contributed by atoms with Crippen molar-refractivity contribution in [2.24, 2.45) is 0 Å². The SMILES string of the molecule is CNC(=O)c1ccccc1NC(=O)c1cccc(S(=O)(=O)N(C)c2ccc(OC)cc2)c1. The van der Waals surface area contributed by atoms with Crippen molar-refractivity contribution >= 4 is 33.2 Å². The molecule has 32 heavy (non-hydrogen) atoms. The van der Waals surface area contributed by atoms with Gasteiger partial charge in [0, 0.05) is 19.7 Å². The van der Waals surface area contributed by atoms with E-state index < -0.39 is 15.9 Å². The summed E-state index contributed by atoms with van der Waals surface area (Å²) < 4.78 is 32.5. The average molecular weight is 454 g/mol. The lowest BCUT2D eigenvalue weighted by molar-refractivity contribution is 0.0964. The Kier molecular flexibility index (Phi) is 6.79. The van der Waals surface area contributed by atoms with Crippen LogP contribution in [0.4, 0.5) is 11.4 Å². The van der Waals surface area contributed by atoms with Crippen LogP contribution in [0.3, 0.4) is 0 Å². The van der Waals surface area contributed by atoms with Crippen molar-refractivity contribution in [1.82, 2.24) is 5.32 Å². The normalized spacial score (nSPS) is 10.8. The Morgan fingerprint density at radius 3 is 2.25 bits per heavy atom. The Morgan fingerprint density at radius 1 is 0.906 bits per heavy atom. The number of ether oxygens (including phenoxy) is 1. The molecule has 0 bridgehead atoms. The number of nitrogens with one attached hydrogen (secondary N) is 2. The first kappa shape index (κ1) is 22.8. The third-order valence-electron chi connectivity index (χ3n) is 4.84. The molecule has 3 aromatic carbocycles. The topological polar surface area (TPSA) is 105 Å². The van der Waals surface area contributed by atoms with Gasteiger partial charge < -0.3 is 15.4 Å². The summed E-state index contributed by atoms with van der Waals surface area (Å²) in [5, 5.41) is 5.19. The van der Waals surface area contributed by atoms with Crippen LogP contribution in [-0.2, 0) is 10.0 Å². The molecule has 0 saturated heterocycles. The van der Waals surface area contributed by atoms with Gasteiger partial charge in [0.25, 0.3) is 21.8 Å². The maximum atomic E-state index is 13.1. The van der Waals surface area contributed by atoms with Gasteiger partial charge in [0.05, 0.1) is 28.9 Å². The van der Waals surface area contributed by atoms with Crippen LogP contribution in [0.15, 0.2) is 77.7 Å². The van der Waals surface area contributed by atoms with E-state index in [-0.39, 0.29) is 16.4 Å². The zero-order valence-electron chi connectivity index (χ0n) is 17.8. The van der Waals surface area contributed by atoms with Crippen LogP contribution >= 0.6 is 0 Å². The monoisotopic (exact) mass is 453 g/mol. The molecular weight excluding hydrogens is 430 g/mol. The molecule has 0 aliphatic carbocycles. The van der Waals surface area contributed by atoms with Crippen LogP contribution in [0, 0.1) is 0 Å². The molecular formula is C23H23N3O5S. The van der Waals surface area contributed by atoms with E-state index in [0.717, 1.165) is 4.31 Å². The van der Waals surface area contributed by atoms with Crippen molar-refractivity contribution in [2.75, 3.05) is 30.8 Å². The minimum atomic E-state index is -3.92. The van der Waals surface area contributed by atoms with Gasteiger partial charge in [-0.05, 0) is 54.6 Å². The molecule has 0 radical (unpaired) electrons. The van der Waals surface area contributed by atoms with Crippen LogP contribution in [0.5, 0.6) is 5.75 Å². The number of benzene rings is 3. The van der Waals surface area contributed by atoms with Crippen LogP contribution in [0.1, 0.15) is 20.7 Å². The minimum absolute atomic E-state index is 0.0388. The van der Waals surface area contributed by atoms with Gasteiger partial charge in [-0.25, -0.2) is 8.42 Å². The molecule has 0 heterocycles. The van der Waals surface area contributed by atoms with E-state index in [1.54, 1.807) is 48.5 Å². The summed E-state index contributed by atoms with van der Waals surface area (Å²) in [6.45, 7) is 0. The molecule has 2 N–H and O–H groups in total. The number of nitrogens with zero attached hydrogens (tertiary/aromatic N) is 1. The number of carbonyl (C=O) groups is 2. The first-order chi connectivity index (χ1) is 15.3. The van der Waals surface area contributed by atoms with Crippen molar-refractivity contribution in [3.63, 3.8) is 0 Å². The lowest BCUT2D eigenvalue weighted by atomic mass is 10.1. The highest BCUT2D eigenvalue weighted by Crippen LogP contribution is 2.25. The summed E-state index contributed by atoms with van der Waals surface area (Å²) >= 11 is 0. The van der Waals surface area contributed by atoms with Crippen LogP contribution < -0.4 is 19.7 Å². The minimum Gasteiger partial charge on any atom is -0.497 e.